The van der Waals surface area contributed by atoms with E-state index >= 15 is 0 Å². The smallest absolute Gasteiger partial charge is 0.383 e. The van der Waals surface area contributed by atoms with Crippen molar-refractivity contribution >= 4 is 25.7 Å². The second kappa shape index (κ2) is 7.29. The number of nitro groups is 1. The molecule has 0 unspecified atom stereocenters. The summed E-state index contributed by atoms with van der Waals surface area (Å²) in [6.07, 6.45) is 0.695. The first-order valence-electron chi connectivity index (χ1n) is 7.62. The quantitative estimate of drug-likeness (QED) is 0.454. The van der Waals surface area contributed by atoms with Gasteiger partial charge in [0, 0.05) is 0 Å². The monoisotopic (exact) mass is 363 g/mol. The number of nitrogens with zero attached hydrogens (tertiary/aromatic N) is 3. The second-order valence-electron chi connectivity index (χ2n) is 7.17. The molecule has 1 heterocycles. The summed E-state index contributed by atoms with van der Waals surface area (Å²) in [6.45, 7) is 12.7. The van der Waals surface area contributed by atoms with Crippen molar-refractivity contribution in [3.8, 4) is 0 Å². The van der Waals surface area contributed by atoms with Gasteiger partial charge in [0.15, 0.2) is 8.32 Å². The summed E-state index contributed by atoms with van der Waals surface area (Å²) < 4.78 is 7.63. The van der Waals surface area contributed by atoms with Crippen LogP contribution < -0.4 is 0 Å². The molecule has 2 atom stereocenters. The van der Waals surface area contributed by atoms with E-state index in [4.69, 9.17) is 16.0 Å². The van der Waals surface area contributed by atoms with Gasteiger partial charge in [0.25, 0.3) is 0 Å². The molecule has 0 radical (unpaired) electrons. The summed E-state index contributed by atoms with van der Waals surface area (Å²) in [6, 6.07) is 0. The number of aliphatic hydroxyl groups is 1. The van der Waals surface area contributed by atoms with Gasteiger partial charge in [0.2, 0.25) is 0 Å². The van der Waals surface area contributed by atoms with Gasteiger partial charge in [-0.05, 0) is 46.1 Å². The molecule has 0 aromatic carbocycles. The first-order chi connectivity index (χ1) is 10.4. The van der Waals surface area contributed by atoms with Crippen molar-refractivity contribution in [1.82, 2.24) is 9.55 Å². The Morgan fingerprint density at radius 3 is 2.48 bits per heavy atom. The molecule has 1 aromatic heterocycles. The number of rotatable bonds is 7. The maximum absolute atomic E-state index is 10.7. The van der Waals surface area contributed by atoms with Crippen LogP contribution in [0.5, 0.6) is 0 Å². The van der Waals surface area contributed by atoms with Crippen LogP contribution in [-0.4, -0.2) is 40.1 Å². The molecule has 7 nitrogen and oxygen atoms in total. The molecular formula is C14H26ClN3O4Si. The van der Waals surface area contributed by atoms with E-state index in [1.54, 1.807) is 0 Å². The van der Waals surface area contributed by atoms with Crippen LogP contribution in [0.4, 0.5) is 5.82 Å². The van der Waals surface area contributed by atoms with Gasteiger partial charge in [-0.2, -0.15) is 0 Å². The van der Waals surface area contributed by atoms with Crippen LogP contribution in [-0.2, 0) is 11.0 Å². The minimum absolute atomic E-state index is 0.0158. The predicted molar refractivity (Wildman–Crippen MR) is 92.3 cm³/mol. The van der Waals surface area contributed by atoms with E-state index in [1.165, 1.54) is 10.8 Å². The highest BCUT2D eigenvalue weighted by Gasteiger charge is 2.40. The lowest BCUT2D eigenvalue weighted by Gasteiger charge is -2.40. The molecule has 23 heavy (non-hydrogen) atoms. The fraction of sp³-hybridized carbons (Fsp3) is 0.786. The van der Waals surface area contributed by atoms with Crippen LogP contribution in [0.1, 0.15) is 34.1 Å². The molecule has 0 aliphatic heterocycles. The third-order valence-corrected chi connectivity index (χ3v) is 9.18. The Balaban J connectivity index is 2.86. The van der Waals surface area contributed by atoms with Gasteiger partial charge in [0.05, 0.1) is 18.8 Å². The van der Waals surface area contributed by atoms with E-state index in [1.807, 2.05) is 6.92 Å². The standard InChI is InChI=1S/C14H26ClN3O4Si/c1-7-11(22-23(5,6)14(2,3)4)10(19)8-17-9-12(18(20)21)16-13(17)15/h9-11,19H,7-8H2,1-6H3/t10-,11-/m1/s1. The Labute approximate surface area is 142 Å². The zero-order valence-corrected chi connectivity index (χ0v) is 16.3. The Morgan fingerprint density at radius 1 is 1.52 bits per heavy atom. The summed E-state index contributed by atoms with van der Waals surface area (Å²) in [7, 11) is -2.02. The lowest BCUT2D eigenvalue weighted by molar-refractivity contribution is -0.389. The number of aliphatic hydroxyl groups excluding tert-OH is 1. The van der Waals surface area contributed by atoms with Crippen molar-refractivity contribution < 1.29 is 14.5 Å². The number of hydrogen-bond acceptors (Lipinski definition) is 5. The molecule has 9 heteroatoms. The summed E-state index contributed by atoms with van der Waals surface area (Å²) in [5, 5.41) is 21.2. The minimum Gasteiger partial charge on any atom is -0.411 e. The molecule has 0 saturated heterocycles. The van der Waals surface area contributed by atoms with E-state index in [9.17, 15) is 15.2 Å². The van der Waals surface area contributed by atoms with Crippen molar-refractivity contribution in [1.29, 1.82) is 0 Å². The van der Waals surface area contributed by atoms with Crippen molar-refractivity contribution in [3.63, 3.8) is 0 Å². The lowest BCUT2D eigenvalue weighted by atomic mass is 10.1. The predicted octanol–water partition coefficient (Wildman–Crippen LogP) is 3.61. The van der Waals surface area contributed by atoms with Crippen LogP contribution in [0.15, 0.2) is 6.20 Å². The van der Waals surface area contributed by atoms with Crippen molar-refractivity contribution in [2.24, 2.45) is 0 Å². The van der Waals surface area contributed by atoms with Crippen molar-refractivity contribution in [3.05, 3.63) is 21.6 Å². The zero-order valence-electron chi connectivity index (χ0n) is 14.5. The van der Waals surface area contributed by atoms with E-state index in [0.717, 1.165) is 0 Å². The van der Waals surface area contributed by atoms with Gasteiger partial charge in [-0.1, -0.05) is 27.7 Å². The third-order valence-electron chi connectivity index (χ3n) is 4.37. The number of imidazole rings is 1. The maximum Gasteiger partial charge on any atom is 0.383 e. The van der Waals surface area contributed by atoms with Gasteiger partial charge in [0.1, 0.15) is 6.20 Å². The van der Waals surface area contributed by atoms with Gasteiger partial charge in [-0.15, -0.1) is 0 Å². The summed E-state index contributed by atoms with van der Waals surface area (Å²) >= 11 is 5.89. The van der Waals surface area contributed by atoms with Gasteiger partial charge < -0.3 is 19.6 Å². The Bertz CT molecular complexity index is 557. The normalized spacial score (nSPS) is 15.5. The lowest BCUT2D eigenvalue weighted by Crippen LogP contribution is -2.47. The Hall–Kier alpha value is -0.963. The SMILES string of the molecule is CC[C@@H](O[Si](C)(C)C(C)(C)C)[C@H](O)Cn1cc([N+](=O)[O-])nc1Cl. The van der Waals surface area contributed by atoms with Crippen LogP contribution in [0, 0.1) is 10.1 Å². The van der Waals surface area contributed by atoms with E-state index in [-0.39, 0.29) is 28.8 Å². The Morgan fingerprint density at radius 2 is 2.09 bits per heavy atom. The zero-order chi connectivity index (χ0) is 18.0. The van der Waals surface area contributed by atoms with Crippen molar-refractivity contribution in [2.75, 3.05) is 0 Å². The molecule has 0 aliphatic rings. The first kappa shape index (κ1) is 20.1. The van der Waals surface area contributed by atoms with Crippen LogP contribution in [0.2, 0.25) is 23.4 Å². The second-order valence-corrected chi connectivity index (χ2v) is 12.3. The molecule has 0 aliphatic carbocycles. The highest BCUT2D eigenvalue weighted by atomic mass is 35.5. The molecule has 1 aromatic rings. The molecule has 0 amide bonds. The molecule has 0 bridgehead atoms. The van der Waals surface area contributed by atoms with Crippen LogP contribution >= 0.6 is 11.6 Å². The molecule has 1 rings (SSSR count). The van der Waals surface area contributed by atoms with E-state index in [2.05, 4.69) is 38.8 Å². The Kier molecular flexibility index (Phi) is 6.37. The third kappa shape index (κ3) is 5.00. The number of aromatic nitrogens is 2. The molecule has 0 saturated carbocycles. The van der Waals surface area contributed by atoms with Gasteiger partial charge >= 0.3 is 11.1 Å². The number of hydrogen-bond donors (Lipinski definition) is 1. The van der Waals surface area contributed by atoms with Crippen LogP contribution in [0.3, 0.4) is 0 Å². The molecule has 0 spiro atoms. The molecular weight excluding hydrogens is 338 g/mol. The largest absolute Gasteiger partial charge is 0.411 e. The van der Waals surface area contributed by atoms with E-state index in [0.29, 0.717) is 6.42 Å². The number of halogens is 1. The molecule has 132 valence electrons. The highest BCUT2D eigenvalue weighted by Crippen LogP contribution is 2.38. The van der Waals surface area contributed by atoms with E-state index < -0.39 is 19.3 Å². The summed E-state index contributed by atoms with van der Waals surface area (Å²) in [5.41, 5.74) is 0. The topological polar surface area (TPSA) is 90.4 Å². The van der Waals surface area contributed by atoms with Gasteiger partial charge in [-0.25, -0.2) is 0 Å². The fourth-order valence-electron chi connectivity index (χ4n) is 1.90. The fourth-order valence-corrected chi connectivity index (χ4v) is 3.54. The average Bonchev–Trinajstić information content (AvgIpc) is 2.76. The van der Waals surface area contributed by atoms with Crippen molar-refractivity contribution in [2.45, 2.75) is 71.0 Å². The van der Waals surface area contributed by atoms with Gasteiger partial charge in [-0.3, -0.25) is 4.57 Å². The molecule has 0 fully saturated rings. The van der Waals surface area contributed by atoms with Crippen LogP contribution in [0.25, 0.3) is 0 Å². The minimum atomic E-state index is -2.02. The molecule has 1 N–H and O–H groups in total. The summed E-state index contributed by atoms with van der Waals surface area (Å²) in [5.74, 6) is -0.333. The average molecular weight is 364 g/mol. The maximum atomic E-state index is 10.7. The first-order valence-corrected chi connectivity index (χ1v) is 10.9. The highest BCUT2D eigenvalue weighted by molar-refractivity contribution is 6.74. The summed E-state index contributed by atoms with van der Waals surface area (Å²) in [4.78, 5) is 13.8.